The van der Waals surface area contributed by atoms with E-state index in [-0.39, 0.29) is 6.03 Å². The molecule has 0 radical (unpaired) electrons. The molecule has 0 bridgehead atoms. The largest absolute Gasteiger partial charge is 0.381 e. The molecule has 0 saturated carbocycles. The van der Waals surface area contributed by atoms with Gasteiger partial charge in [0.25, 0.3) is 0 Å². The minimum Gasteiger partial charge on any atom is -0.381 e. The van der Waals surface area contributed by atoms with Crippen molar-refractivity contribution >= 4 is 22.8 Å². The molecule has 6 nitrogen and oxygen atoms in total. The lowest BCUT2D eigenvalue weighted by Gasteiger charge is -2.22. The molecule has 1 aromatic heterocycles. The maximum Gasteiger partial charge on any atom is 0.319 e. The summed E-state index contributed by atoms with van der Waals surface area (Å²) in [4.78, 5) is 19.0. The van der Waals surface area contributed by atoms with E-state index in [1.54, 1.807) is 6.33 Å². The Kier molecular flexibility index (Phi) is 3.83. The van der Waals surface area contributed by atoms with Crippen LogP contribution >= 0.6 is 0 Å². The Morgan fingerprint density at radius 3 is 3.10 bits per heavy atom. The van der Waals surface area contributed by atoms with Crippen LogP contribution in [0.4, 0.5) is 10.5 Å². The Labute approximate surface area is 116 Å². The fourth-order valence-corrected chi connectivity index (χ4v) is 2.38. The van der Waals surface area contributed by atoms with Crippen molar-refractivity contribution in [2.24, 2.45) is 5.92 Å². The maximum atomic E-state index is 11.9. The number of nitrogens with zero attached hydrogens (tertiary/aromatic N) is 1. The molecule has 6 heteroatoms. The summed E-state index contributed by atoms with van der Waals surface area (Å²) in [6.45, 7) is 2.29. The third-order valence-electron chi connectivity index (χ3n) is 3.57. The molecule has 1 aliphatic heterocycles. The lowest BCUT2D eigenvalue weighted by Crippen LogP contribution is -2.35. The quantitative estimate of drug-likeness (QED) is 0.802. The van der Waals surface area contributed by atoms with Crippen molar-refractivity contribution in [2.45, 2.75) is 12.8 Å². The molecule has 0 atom stereocenters. The van der Waals surface area contributed by atoms with Gasteiger partial charge in [-0.25, -0.2) is 9.78 Å². The van der Waals surface area contributed by atoms with Crippen LogP contribution in [-0.2, 0) is 4.74 Å². The number of carbonyl (C=O) groups excluding carboxylic acids is 1. The average molecular weight is 274 g/mol. The topological polar surface area (TPSA) is 79.0 Å². The predicted molar refractivity (Wildman–Crippen MR) is 76.7 cm³/mol. The fraction of sp³-hybridized carbons (Fsp3) is 0.429. The van der Waals surface area contributed by atoms with Gasteiger partial charge in [-0.15, -0.1) is 0 Å². The summed E-state index contributed by atoms with van der Waals surface area (Å²) in [5.41, 5.74) is 2.55. The number of H-pyrrole nitrogens is 1. The summed E-state index contributed by atoms with van der Waals surface area (Å²) >= 11 is 0. The van der Waals surface area contributed by atoms with Gasteiger partial charge in [-0.1, -0.05) is 0 Å². The van der Waals surface area contributed by atoms with Gasteiger partial charge in [0, 0.05) is 25.4 Å². The van der Waals surface area contributed by atoms with Crippen LogP contribution in [0.3, 0.4) is 0 Å². The van der Waals surface area contributed by atoms with E-state index in [0.717, 1.165) is 42.8 Å². The minimum absolute atomic E-state index is 0.171. The van der Waals surface area contributed by atoms with Gasteiger partial charge in [-0.2, -0.15) is 0 Å². The van der Waals surface area contributed by atoms with Crippen molar-refractivity contribution in [3.63, 3.8) is 0 Å². The van der Waals surface area contributed by atoms with Gasteiger partial charge in [0.05, 0.1) is 17.4 Å². The predicted octanol–water partition coefficient (Wildman–Crippen LogP) is 2.11. The first-order valence-electron chi connectivity index (χ1n) is 6.87. The number of benzene rings is 1. The molecule has 1 saturated heterocycles. The van der Waals surface area contributed by atoms with Crippen LogP contribution in [-0.4, -0.2) is 35.8 Å². The molecule has 1 fully saturated rings. The molecule has 2 heterocycles. The summed E-state index contributed by atoms with van der Waals surface area (Å²) in [5, 5.41) is 5.75. The number of imidazole rings is 1. The Bertz CT molecular complexity index is 590. The Morgan fingerprint density at radius 2 is 2.25 bits per heavy atom. The van der Waals surface area contributed by atoms with E-state index >= 15 is 0 Å². The third-order valence-corrected chi connectivity index (χ3v) is 3.57. The standard InChI is InChI=1S/C14H18N4O2/c19-14(15-8-10-3-5-20-6-4-10)18-11-1-2-12-13(7-11)17-9-16-12/h1-2,7,9-10H,3-6,8H2,(H,16,17)(H2,15,18,19). The van der Waals surface area contributed by atoms with Gasteiger partial charge < -0.3 is 20.4 Å². The number of aromatic nitrogens is 2. The normalized spacial score (nSPS) is 16.2. The van der Waals surface area contributed by atoms with E-state index in [2.05, 4.69) is 20.6 Å². The van der Waals surface area contributed by atoms with Crippen LogP contribution in [0, 0.1) is 5.92 Å². The molecule has 2 aromatic rings. The SMILES string of the molecule is O=C(NCC1CCOCC1)Nc1ccc2nc[nH]c2c1. The second-order valence-corrected chi connectivity index (χ2v) is 5.03. The van der Waals surface area contributed by atoms with E-state index in [1.165, 1.54) is 0 Å². The van der Waals surface area contributed by atoms with E-state index in [9.17, 15) is 4.79 Å². The number of nitrogens with one attached hydrogen (secondary N) is 3. The number of hydrogen-bond acceptors (Lipinski definition) is 3. The van der Waals surface area contributed by atoms with Crippen LogP contribution in [0.2, 0.25) is 0 Å². The summed E-state index contributed by atoms with van der Waals surface area (Å²) < 4.78 is 5.30. The maximum absolute atomic E-state index is 11.9. The molecule has 3 rings (SSSR count). The number of ether oxygens (including phenoxy) is 1. The zero-order chi connectivity index (χ0) is 13.8. The zero-order valence-corrected chi connectivity index (χ0v) is 11.2. The Hall–Kier alpha value is -2.08. The lowest BCUT2D eigenvalue weighted by atomic mass is 10.0. The van der Waals surface area contributed by atoms with E-state index < -0.39 is 0 Å². The minimum atomic E-state index is -0.171. The second kappa shape index (κ2) is 5.92. The summed E-state index contributed by atoms with van der Waals surface area (Å²) in [6.07, 6.45) is 3.67. The molecular weight excluding hydrogens is 256 g/mol. The van der Waals surface area contributed by atoms with Crippen LogP contribution in [0.25, 0.3) is 11.0 Å². The number of rotatable bonds is 3. The van der Waals surface area contributed by atoms with E-state index in [1.807, 2.05) is 18.2 Å². The molecule has 3 N–H and O–H groups in total. The lowest BCUT2D eigenvalue weighted by molar-refractivity contribution is 0.0671. The van der Waals surface area contributed by atoms with Gasteiger partial charge in [-0.05, 0) is 37.0 Å². The number of aromatic amines is 1. The van der Waals surface area contributed by atoms with Crippen molar-refractivity contribution < 1.29 is 9.53 Å². The summed E-state index contributed by atoms with van der Waals surface area (Å²) in [6, 6.07) is 5.42. The van der Waals surface area contributed by atoms with Crippen molar-refractivity contribution in [2.75, 3.05) is 25.1 Å². The van der Waals surface area contributed by atoms with Crippen LogP contribution in [0.5, 0.6) is 0 Å². The molecule has 2 amide bonds. The molecule has 0 unspecified atom stereocenters. The van der Waals surface area contributed by atoms with Gasteiger partial charge >= 0.3 is 6.03 Å². The second-order valence-electron chi connectivity index (χ2n) is 5.03. The monoisotopic (exact) mass is 274 g/mol. The summed E-state index contributed by atoms with van der Waals surface area (Å²) in [7, 11) is 0. The van der Waals surface area contributed by atoms with E-state index in [0.29, 0.717) is 12.5 Å². The smallest absolute Gasteiger partial charge is 0.319 e. The van der Waals surface area contributed by atoms with Crippen molar-refractivity contribution in [1.82, 2.24) is 15.3 Å². The van der Waals surface area contributed by atoms with Gasteiger partial charge in [0.2, 0.25) is 0 Å². The molecule has 1 aliphatic rings. The number of amides is 2. The molecule has 0 spiro atoms. The van der Waals surface area contributed by atoms with Crippen molar-refractivity contribution in [1.29, 1.82) is 0 Å². The molecule has 106 valence electrons. The highest BCUT2D eigenvalue weighted by Gasteiger charge is 2.14. The van der Waals surface area contributed by atoms with Crippen LogP contribution in [0.15, 0.2) is 24.5 Å². The highest BCUT2D eigenvalue weighted by molar-refractivity contribution is 5.91. The average Bonchev–Trinajstić information content (AvgIpc) is 2.94. The number of urea groups is 1. The molecular formula is C14H18N4O2. The number of anilines is 1. The zero-order valence-electron chi connectivity index (χ0n) is 11.2. The first-order chi connectivity index (χ1) is 9.81. The van der Waals surface area contributed by atoms with Gasteiger partial charge in [0.15, 0.2) is 0 Å². The Morgan fingerprint density at radius 1 is 1.40 bits per heavy atom. The van der Waals surface area contributed by atoms with Gasteiger partial charge in [0.1, 0.15) is 0 Å². The summed E-state index contributed by atoms with van der Waals surface area (Å²) in [5.74, 6) is 0.518. The van der Waals surface area contributed by atoms with Crippen molar-refractivity contribution in [3.8, 4) is 0 Å². The first-order valence-corrected chi connectivity index (χ1v) is 6.87. The molecule has 20 heavy (non-hydrogen) atoms. The number of carbonyl (C=O) groups is 1. The molecule has 1 aromatic carbocycles. The highest BCUT2D eigenvalue weighted by Crippen LogP contribution is 2.16. The fourth-order valence-electron chi connectivity index (χ4n) is 2.38. The number of hydrogen-bond donors (Lipinski definition) is 3. The third kappa shape index (κ3) is 3.08. The Balaban J connectivity index is 1.52. The van der Waals surface area contributed by atoms with Crippen LogP contribution < -0.4 is 10.6 Å². The van der Waals surface area contributed by atoms with Gasteiger partial charge in [-0.3, -0.25) is 0 Å². The number of fused-ring (bicyclic) bond motifs is 1. The highest BCUT2D eigenvalue weighted by atomic mass is 16.5. The van der Waals surface area contributed by atoms with Crippen molar-refractivity contribution in [3.05, 3.63) is 24.5 Å². The van der Waals surface area contributed by atoms with E-state index in [4.69, 9.17) is 4.74 Å². The van der Waals surface area contributed by atoms with Crippen LogP contribution in [0.1, 0.15) is 12.8 Å². The first kappa shape index (κ1) is 12.9. The molecule has 0 aliphatic carbocycles.